The molecule has 4 aromatic heterocycles. The Balaban J connectivity index is 1.08. The van der Waals surface area contributed by atoms with Crippen LogP contribution in [-0.2, 0) is 0 Å². The first-order valence-electron chi connectivity index (χ1n) is 17.6. The minimum absolute atomic E-state index is 0.901. The smallest absolute Gasteiger partial charge is 0.0972 e. The van der Waals surface area contributed by atoms with Crippen LogP contribution >= 0.6 is 0 Å². The van der Waals surface area contributed by atoms with E-state index in [1.165, 1.54) is 0 Å². The molecule has 0 saturated carbocycles. The second-order valence-corrected chi connectivity index (χ2v) is 13.3. The van der Waals surface area contributed by atoms with Gasteiger partial charge in [0.2, 0.25) is 0 Å². The van der Waals surface area contributed by atoms with Crippen LogP contribution in [0.4, 0.5) is 0 Å². The van der Waals surface area contributed by atoms with Gasteiger partial charge in [0, 0.05) is 32.7 Å². The van der Waals surface area contributed by atoms with Crippen LogP contribution in [0.25, 0.3) is 90.4 Å². The number of nitrogens with zero attached hydrogens (tertiary/aromatic N) is 4. The third kappa shape index (κ3) is 6.01. The summed E-state index contributed by atoms with van der Waals surface area (Å²) in [7, 11) is 0. The Labute approximate surface area is 302 Å². The van der Waals surface area contributed by atoms with E-state index < -0.39 is 0 Å². The van der Waals surface area contributed by atoms with Gasteiger partial charge in [0.15, 0.2) is 0 Å². The number of hydrogen-bond donors (Lipinski definition) is 0. The van der Waals surface area contributed by atoms with E-state index in [2.05, 4.69) is 147 Å². The van der Waals surface area contributed by atoms with E-state index >= 15 is 0 Å². The van der Waals surface area contributed by atoms with E-state index in [9.17, 15) is 0 Å². The van der Waals surface area contributed by atoms with Crippen LogP contribution in [0, 0.1) is 13.8 Å². The minimum Gasteiger partial charge on any atom is -0.246 e. The molecule has 0 aliphatic heterocycles. The van der Waals surface area contributed by atoms with Gasteiger partial charge >= 0.3 is 0 Å². The van der Waals surface area contributed by atoms with Crippen LogP contribution in [0.15, 0.2) is 146 Å². The summed E-state index contributed by atoms with van der Waals surface area (Å²) in [6.07, 6.45) is 8.31. The third-order valence-corrected chi connectivity index (χ3v) is 9.70. The molecule has 0 fully saturated rings. The van der Waals surface area contributed by atoms with Gasteiger partial charge in [-0.1, -0.05) is 121 Å². The largest absolute Gasteiger partial charge is 0.246 e. The Morgan fingerprint density at radius 3 is 1.10 bits per heavy atom. The molecule has 4 heterocycles. The standard InChI is InChI=1S/C48H34N4/c1-31-29-42(44-28-22-38-18-16-36-20-26-40(50-46(36)48(38)52-44)24-14-34-11-7-4-8-12-34)32(2)30-41(31)43-27-21-37-17-15-35-19-25-39(49-45(35)47(37)51-43)23-13-33-9-5-3-6-10-33/h3-30H,1-2H3/b23-13+,24-14?. The van der Waals surface area contributed by atoms with Crippen molar-refractivity contribution in [2.24, 2.45) is 0 Å². The lowest BCUT2D eigenvalue weighted by Gasteiger charge is -2.14. The molecule has 0 aliphatic rings. The molecule has 4 nitrogen and oxygen atoms in total. The molecular weight excluding hydrogens is 633 g/mol. The number of aryl methyl sites for hydroxylation is 2. The molecule has 5 aromatic carbocycles. The maximum atomic E-state index is 5.24. The number of hydrogen-bond acceptors (Lipinski definition) is 4. The Bertz CT molecular complexity index is 2660. The van der Waals surface area contributed by atoms with Gasteiger partial charge in [0.25, 0.3) is 0 Å². The molecule has 246 valence electrons. The van der Waals surface area contributed by atoms with Crippen molar-refractivity contribution in [1.29, 1.82) is 0 Å². The second kappa shape index (κ2) is 13.2. The first-order valence-corrected chi connectivity index (χ1v) is 17.6. The first kappa shape index (κ1) is 31.2. The van der Waals surface area contributed by atoms with Crippen LogP contribution < -0.4 is 0 Å². The lowest BCUT2D eigenvalue weighted by atomic mass is 9.95. The summed E-state index contributed by atoms with van der Waals surface area (Å²) in [5.41, 5.74) is 14.0. The molecule has 0 bridgehead atoms. The van der Waals surface area contributed by atoms with Crippen LogP contribution in [0.1, 0.15) is 33.6 Å². The van der Waals surface area contributed by atoms with Gasteiger partial charge in [-0.2, -0.15) is 0 Å². The highest BCUT2D eigenvalue weighted by Gasteiger charge is 2.14. The summed E-state index contributed by atoms with van der Waals surface area (Å²) in [4.78, 5) is 20.6. The van der Waals surface area contributed by atoms with Crippen molar-refractivity contribution < 1.29 is 0 Å². The number of benzene rings is 5. The van der Waals surface area contributed by atoms with Crippen LogP contribution in [0.2, 0.25) is 0 Å². The molecule has 9 rings (SSSR count). The predicted octanol–water partition coefficient (Wildman–Crippen LogP) is 12.2. The Morgan fingerprint density at radius 1 is 0.346 bits per heavy atom. The molecule has 52 heavy (non-hydrogen) atoms. The van der Waals surface area contributed by atoms with E-state index in [1.807, 2.05) is 36.4 Å². The molecule has 0 amide bonds. The summed E-state index contributed by atoms with van der Waals surface area (Å²) in [5, 5.41) is 4.28. The van der Waals surface area contributed by atoms with E-state index in [0.717, 1.165) is 99.8 Å². The Morgan fingerprint density at radius 2 is 0.692 bits per heavy atom. The van der Waals surface area contributed by atoms with Gasteiger partial charge in [0.05, 0.1) is 44.8 Å². The fourth-order valence-electron chi connectivity index (χ4n) is 6.91. The van der Waals surface area contributed by atoms with Crippen LogP contribution in [0.5, 0.6) is 0 Å². The quantitative estimate of drug-likeness (QED) is 0.166. The van der Waals surface area contributed by atoms with Gasteiger partial charge in [-0.25, -0.2) is 19.9 Å². The van der Waals surface area contributed by atoms with Gasteiger partial charge in [-0.15, -0.1) is 0 Å². The molecule has 9 aromatic rings. The summed E-state index contributed by atoms with van der Waals surface area (Å²) in [6, 6.07) is 50.5. The van der Waals surface area contributed by atoms with Crippen LogP contribution in [0.3, 0.4) is 0 Å². The van der Waals surface area contributed by atoms with Gasteiger partial charge < -0.3 is 0 Å². The molecule has 0 unspecified atom stereocenters. The number of aromatic nitrogens is 4. The summed E-state index contributed by atoms with van der Waals surface area (Å²) in [6.45, 7) is 4.31. The van der Waals surface area contributed by atoms with Crippen molar-refractivity contribution in [1.82, 2.24) is 19.9 Å². The average molecular weight is 667 g/mol. The molecule has 0 saturated heterocycles. The minimum atomic E-state index is 0.901. The monoisotopic (exact) mass is 666 g/mol. The maximum Gasteiger partial charge on any atom is 0.0972 e. The number of fused-ring (bicyclic) bond motifs is 6. The van der Waals surface area contributed by atoms with E-state index in [0.29, 0.717) is 0 Å². The van der Waals surface area contributed by atoms with Gasteiger partial charge in [0.1, 0.15) is 0 Å². The average Bonchev–Trinajstić information content (AvgIpc) is 3.20. The molecule has 0 aliphatic carbocycles. The summed E-state index contributed by atoms with van der Waals surface area (Å²) < 4.78 is 0. The van der Waals surface area contributed by atoms with E-state index in [1.54, 1.807) is 0 Å². The fraction of sp³-hybridized carbons (Fsp3) is 0.0417. The molecule has 0 spiro atoms. The lowest BCUT2D eigenvalue weighted by Crippen LogP contribution is -1.95. The maximum absolute atomic E-state index is 5.24. The zero-order valence-electron chi connectivity index (χ0n) is 29.0. The Kier molecular flexibility index (Phi) is 7.90. The highest BCUT2D eigenvalue weighted by Crippen LogP contribution is 2.34. The van der Waals surface area contributed by atoms with E-state index in [-0.39, 0.29) is 0 Å². The third-order valence-electron chi connectivity index (χ3n) is 9.70. The summed E-state index contributed by atoms with van der Waals surface area (Å²) >= 11 is 0. The zero-order chi connectivity index (χ0) is 35.0. The SMILES string of the molecule is Cc1cc(-c2ccc3ccc4ccc(/C=C/c5ccccc5)nc4c3n2)c(C)cc1-c1ccc2ccc3ccc(C=Cc4ccccc4)nc3c2n1. The number of pyridine rings is 4. The molecular formula is C48H34N4. The van der Waals surface area contributed by atoms with Crippen LogP contribution in [-0.4, -0.2) is 19.9 Å². The zero-order valence-corrected chi connectivity index (χ0v) is 29.0. The van der Waals surface area contributed by atoms with Crippen molar-refractivity contribution in [2.75, 3.05) is 0 Å². The highest BCUT2D eigenvalue weighted by atomic mass is 14.8. The summed E-state index contributed by atoms with van der Waals surface area (Å²) in [5.74, 6) is 0. The van der Waals surface area contributed by atoms with Gasteiger partial charge in [-0.05, 0) is 84.7 Å². The normalized spacial score (nSPS) is 11.9. The van der Waals surface area contributed by atoms with Crippen molar-refractivity contribution in [3.05, 3.63) is 179 Å². The Hall–Kier alpha value is -6.78. The second-order valence-electron chi connectivity index (χ2n) is 13.3. The van der Waals surface area contributed by atoms with Crippen molar-refractivity contribution in [2.45, 2.75) is 13.8 Å². The number of rotatable bonds is 6. The van der Waals surface area contributed by atoms with Crippen molar-refractivity contribution >= 4 is 67.9 Å². The fourth-order valence-corrected chi connectivity index (χ4v) is 6.91. The molecule has 4 heteroatoms. The topological polar surface area (TPSA) is 51.6 Å². The van der Waals surface area contributed by atoms with Crippen molar-refractivity contribution in [3.8, 4) is 22.5 Å². The highest BCUT2D eigenvalue weighted by molar-refractivity contribution is 6.05. The van der Waals surface area contributed by atoms with E-state index in [4.69, 9.17) is 19.9 Å². The predicted molar refractivity (Wildman–Crippen MR) is 219 cm³/mol. The van der Waals surface area contributed by atoms with Crippen molar-refractivity contribution in [3.63, 3.8) is 0 Å². The lowest BCUT2D eigenvalue weighted by molar-refractivity contribution is 1.30. The van der Waals surface area contributed by atoms with Gasteiger partial charge in [-0.3, -0.25) is 0 Å². The first-order chi connectivity index (χ1) is 25.6. The molecule has 0 radical (unpaired) electrons. The molecule has 0 N–H and O–H groups in total. The molecule has 0 atom stereocenters.